The minimum absolute atomic E-state index is 0.00408. The molecule has 3 aromatic rings. The Morgan fingerprint density at radius 3 is 2.54 bits per heavy atom. The second-order valence-electron chi connectivity index (χ2n) is 8.75. The number of piperidine rings is 1. The van der Waals surface area contributed by atoms with E-state index in [1.807, 2.05) is 18.7 Å². The Bertz CT molecular complexity index is 1170. The normalized spacial score (nSPS) is 15.4. The van der Waals surface area contributed by atoms with Crippen LogP contribution in [-0.4, -0.2) is 50.9 Å². The Morgan fingerprint density at radius 2 is 1.89 bits per heavy atom. The molecule has 7 nitrogen and oxygen atoms in total. The maximum absolute atomic E-state index is 15.0. The second kappa shape index (κ2) is 10.4. The van der Waals surface area contributed by atoms with Crippen LogP contribution < -0.4 is 10.6 Å². The first-order valence-corrected chi connectivity index (χ1v) is 11.6. The summed E-state index contributed by atoms with van der Waals surface area (Å²) in [5.41, 5.74) is 2.84. The van der Waals surface area contributed by atoms with Crippen LogP contribution in [0.15, 0.2) is 24.4 Å². The lowest BCUT2D eigenvalue weighted by Crippen LogP contribution is -2.35. The van der Waals surface area contributed by atoms with Crippen molar-refractivity contribution in [3.05, 3.63) is 52.1 Å². The molecule has 12 heteroatoms. The minimum atomic E-state index is -4.15. The molecule has 0 radical (unpaired) electrons. The maximum atomic E-state index is 15.0. The number of nitrogens with zero attached hydrogens (tertiary/aromatic N) is 4. The highest BCUT2D eigenvalue weighted by Gasteiger charge is 2.29. The molecule has 0 spiro atoms. The van der Waals surface area contributed by atoms with Gasteiger partial charge in [0.05, 0.1) is 18.3 Å². The van der Waals surface area contributed by atoms with E-state index in [0.717, 1.165) is 16.8 Å². The molecule has 4 rings (SSSR count). The summed E-state index contributed by atoms with van der Waals surface area (Å²) in [6, 6.07) is 4.98. The van der Waals surface area contributed by atoms with Crippen molar-refractivity contribution in [1.29, 1.82) is 0 Å². The lowest BCUT2D eigenvalue weighted by atomic mass is 9.86. The lowest BCUT2D eigenvalue weighted by molar-refractivity contribution is -0.138. The van der Waals surface area contributed by atoms with Crippen molar-refractivity contribution in [1.82, 2.24) is 25.1 Å². The fraction of sp³-hybridized carbons (Fsp3) is 0.435. The van der Waals surface area contributed by atoms with Gasteiger partial charge in [-0.05, 0) is 69.0 Å². The van der Waals surface area contributed by atoms with Gasteiger partial charge in [0, 0.05) is 18.3 Å². The highest BCUT2D eigenvalue weighted by atomic mass is 35.5. The SMILES string of the molecule is Cc1cc(Nc2nc(Nc3cc(C)c(C4CCN(CCC(F)(F)F)CC4)cc3F)ncc2Cl)n[nH]1. The third-order valence-corrected chi connectivity index (χ3v) is 6.31. The number of hydrogen-bond acceptors (Lipinski definition) is 6. The zero-order valence-corrected chi connectivity index (χ0v) is 20.1. The summed E-state index contributed by atoms with van der Waals surface area (Å²) in [6.45, 7) is 4.88. The monoisotopic (exact) mass is 511 g/mol. The zero-order chi connectivity index (χ0) is 25.2. The first-order chi connectivity index (χ1) is 16.6. The van der Waals surface area contributed by atoms with Crippen LogP contribution in [0.5, 0.6) is 0 Å². The van der Waals surface area contributed by atoms with Gasteiger partial charge >= 0.3 is 6.18 Å². The highest BCUT2D eigenvalue weighted by Crippen LogP contribution is 2.34. The number of alkyl halides is 3. The molecule has 2 aromatic heterocycles. The second-order valence-corrected chi connectivity index (χ2v) is 9.15. The van der Waals surface area contributed by atoms with Gasteiger partial charge in [-0.15, -0.1) is 0 Å². The molecule has 1 aromatic carbocycles. The van der Waals surface area contributed by atoms with E-state index in [0.29, 0.717) is 37.6 Å². The van der Waals surface area contributed by atoms with Crippen LogP contribution in [0.25, 0.3) is 0 Å². The van der Waals surface area contributed by atoms with E-state index >= 15 is 4.39 Å². The third kappa shape index (κ3) is 6.61. The van der Waals surface area contributed by atoms with E-state index in [-0.39, 0.29) is 29.1 Å². The predicted octanol–water partition coefficient (Wildman–Crippen LogP) is 6.23. The van der Waals surface area contributed by atoms with Crippen molar-refractivity contribution >= 4 is 34.9 Å². The minimum Gasteiger partial charge on any atom is -0.322 e. The van der Waals surface area contributed by atoms with Gasteiger partial charge < -0.3 is 15.5 Å². The first kappa shape index (κ1) is 25.2. The Morgan fingerprint density at radius 1 is 1.14 bits per heavy atom. The maximum Gasteiger partial charge on any atom is 0.390 e. The molecule has 0 amide bonds. The Balaban J connectivity index is 1.43. The van der Waals surface area contributed by atoms with Crippen molar-refractivity contribution < 1.29 is 17.6 Å². The number of aromatic amines is 1. The van der Waals surface area contributed by atoms with Crippen LogP contribution in [0.2, 0.25) is 5.02 Å². The van der Waals surface area contributed by atoms with Crippen molar-refractivity contribution in [3.63, 3.8) is 0 Å². The van der Waals surface area contributed by atoms with Gasteiger partial charge in [-0.1, -0.05) is 11.6 Å². The molecule has 0 saturated carbocycles. The van der Waals surface area contributed by atoms with Crippen LogP contribution in [0.3, 0.4) is 0 Å². The summed E-state index contributed by atoms with van der Waals surface area (Å²) in [5.74, 6) is 0.654. The molecule has 3 heterocycles. The fourth-order valence-electron chi connectivity index (χ4n) is 4.22. The van der Waals surface area contributed by atoms with E-state index in [4.69, 9.17) is 11.6 Å². The average molecular weight is 512 g/mol. The summed E-state index contributed by atoms with van der Waals surface area (Å²) in [7, 11) is 0. The van der Waals surface area contributed by atoms with Gasteiger partial charge in [0.25, 0.3) is 0 Å². The molecular weight excluding hydrogens is 486 g/mol. The van der Waals surface area contributed by atoms with Gasteiger partial charge in [-0.3, -0.25) is 5.10 Å². The quantitative estimate of drug-likeness (QED) is 0.326. The number of aromatic nitrogens is 4. The number of likely N-dealkylation sites (tertiary alicyclic amines) is 1. The number of anilines is 4. The van der Waals surface area contributed by atoms with Gasteiger partial charge in [-0.25, -0.2) is 9.37 Å². The summed E-state index contributed by atoms with van der Waals surface area (Å²) in [4.78, 5) is 10.3. The predicted molar refractivity (Wildman–Crippen MR) is 127 cm³/mol. The highest BCUT2D eigenvalue weighted by molar-refractivity contribution is 6.32. The number of nitrogens with one attached hydrogen (secondary N) is 3. The summed E-state index contributed by atoms with van der Waals surface area (Å²) in [5, 5.41) is 13.1. The zero-order valence-electron chi connectivity index (χ0n) is 19.3. The molecule has 35 heavy (non-hydrogen) atoms. The molecule has 3 N–H and O–H groups in total. The number of benzene rings is 1. The number of hydrogen-bond donors (Lipinski definition) is 3. The van der Waals surface area contributed by atoms with Crippen LogP contribution in [0.1, 0.15) is 42.0 Å². The summed E-state index contributed by atoms with van der Waals surface area (Å²) in [6.07, 6.45) is -2.18. The van der Waals surface area contributed by atoms with Gasteiger partial charge in [-0.2, -0.15) is 23.3 Å². The fourth-order valence-corrected chi connectivity index (χ4v) is 4.36. The van der Waals surface area contributed by atoms with Gasteiger partial charge in [0.1, 0.15) is 10.8 Å². The van der Waals surface area contributed by atoms with Crippen LogP contribution >= 0.6 is 11.6 Å². The molecule has 0 atom stereocenters. The molecule has 1 saturated heterocycles. The smallest absolute Gasteiger partial charge is 0.322 e. The Labute approximate surface area is 205 Å². The van der Waals surface area contributed by atoms with E-state index in [9.17, 15) is 13.2 Å². The van der Waals surface area contributed by atoms with E-state index in [2.05, 4.69) is 30.8 Å². The standard InChI is InChI=1S/C23H26ClF4N7/c1-13-9-19(30-22-29-12-17(24)21(32-22)31-20-10-14(2)33-34-20)18(25)11-16(13)15-3-6-35(7-4-15)8-5-23(26,27)28/h9-12,15H,3-8H2,1-2H3,(H3,29,30,31,32,33,34). The van der Waals surface area contributed by atoms with Crippen LogP contribution in [0.4, 0.5) is 40.8 Å². The molecule has 0 aliphatic carbocycles. The summed E-state index contributed by atoms with van der Waals surface area (Å²) < 4.78 is 52.5. The number of aryl methyl sites for hydroxylation is 2. The van der Waals surface area contributed by atoms with Crippen LogP contribution in [-0.2, 0) is 0 Å². The Hall–Kier alpha value is -2.92. The number of H-pyrrole nitrogens is 1. The van der Waals surface area contributed by atoms with E-state index < -0.39 is 18.4 Å². The third-order valence-electron chi connectivity index (χ3n) is 6.04. The van der Waals surface area contributed by atoms with E-state index in [1.54, 1.807) is 12.1 Å². The molecule has 0 unspecified atom stereocenters. The van der Waals surface area contributed by atoms with Crippen molar-refractivity contribution in [2.24, 2.45) is 0 Å². The largest absolute Gasteiger partial charge is 0.390 e. The first-order valence-electron chi connectivity index (χ1n) is 11.2. The lowest BCUT2D eigenvalue weighted by Gasteiger charge is -2.33. The molecular formula is C23H26ClF4N7. The topological polar surface area (TPSA) is 81.8 Å². The average Bonchev–Trinajstić information content (AvgIpc) is 3.21. The van der Waals surface area contributed by atoms with Crippen molar-refractivity contribution in [2.45, 2.75) is 45.2 Å². The molecule has 1 aliphatic heterocycles. The Kier molecular flexibility index (Phi) is 7.46. The molecule has 188 valence electrons. The molecule has 0 bridgehead atoms. The number of halogens is 5. The summed E-state index contributed by atoms with van der Waals surface area (Å²) >= 11 is 6.18. The van der Waals surface area contributed by atoms with Crippen molar-refractivity contribution in [2.75, 3.05) is 30.3 Å². The molecule has 1 fully saturated rings. The number of rotatable bonds is 7. The molecule has 1 aliphatic rings. The van der Waals surface area contributed by atoms with E-state index in [1.165, 1.54) is 12.3 Å². The van der Waals surface area contributed by atoms with Gasteiger partial charge in [0.15, 0.2) is 11.6 Å². The van der Waals surface area contributed by atoms with Crippen LogP contribution in [0, 0.1) is 19.7 Å². The van der Waals surface area contributed by atoms with Crippen molar-refractivity contribution in [3.8, 4) is 0 Å². The van der Waals surface area contributed by atoms with Gasteiger partial charge in [0.2, 0.25) is 5.95 Å².